The molecular formula is C16H22ClN5O2. The number of rotatable bonds is 5. The Morgan fingerprint density at radius 3 is 2.67 bits per heavy atom. The van der Waals surface area contributed by atoms with Crippen LogP contribution in [0.2, 0.25) is 5.15 Å². The fourth-order valence-corrected chi connectivity index (χ4v) is 3.61. The number of aliphatic carboxylic acids is 1. The summed E-state index contributed by atoms with van der Waals surface area (Å²) in [6.07, 6.45) is 5.22. The Labute approximate surface area is 145 Å². The fourth-order valence-electron chi connectivity index (χ4n) is 3.41. The predicted molar refractivity (Wildman–Crippen MR) is 89.9 cm³/mol. The molecule has 0 bridgehead atoms. The number of aromatic nitrogens is 4. The lowest BCUT2D eigenvalue weighted by molar-refractivity contribution is -0.151. The SMILES string of the molecule is CCc1nn(C)c(Cl)c1CN1CCC(C(=O)O)(n2cccn2)CC1. The molecule has 2 aromatic rings. The van der Waals surface area contributed by atoms with Crippen molar-refractivity contribution in [3.63, 3.8) is 0 Å². The molecule has 2 aromatic heterocycles. The van der Waals surface area contributed by atoms with Gasteiger partial charge < -0.3 is 5.11 Å². The summed E-state index contributed by atoms with van der Waals surface area (Å²) in [4.78, 5) is 14.1. The highest BCUT2D eigenvalue weighted by molar-refractivity contribution is 6.30. The summed E-state index contributed by atoms with van der Waals surface area (Å²) in [5.41, 5.74) is 1.10. The Morgan fingerprint density at radius 1 is 1.42 bits per heavy atom. The van der Waals surface area contributed by atoms with Gasteiger partial charge in [-0.15, -0.1) is 0 Å². The van der Waals surface area contributed by atoms with Gasteiger partial charge in [0.2, 0.25) is 0 Å². The van der Waals surface area contributed by atoms with Crippen molar-refractivity contribution in [3.8, 4) is 0 Å². The second kappa shape index (κ2) is 6.57. The van der Waals surface area contributed by atoms with Crippen molar-refractivity contribution in [2.75, 3.05) is 13.1 Å². The topological polar surface area (TPSA) is 76.2 Å². The molecule has 0 unspecified atom stereocenters. The molecule has 1 saturated heterocycles. The average Bonchev–Trinajstić information content (AvgIpc) is 3.20. The van der Waals surface area contributed by atoms with Crippen LogP contribution in [-0.2, 0) is 30.3 Å². The summed E-state index contributed by atoms with van der Waals surface area (Å²) in [6, 6.07) is 1.76. The molecule has 3 rings (SSSR count). The third-order valence-corrected chi connectivity index (χ3v) is 5.37. The molecule has 7 nitrogen and oxygen atoms in total. The summed E-state index contributed by atoms with van der Waals surface area (Å²) >= 11 is 6.37. The van der Waals surface area contributed by atoms with E-state index in [0.29, 0.717) is 37.6 Å². The first-order chi connectivity index (χ1) is 11.5. The normalized spacial score (nSPS) is 18.0. The lowest BCUT2D eigenvalue weighted by Crippen LogP contribution is -2.51. The summed E-state index contributed by atoms with van der Waals surface area (Å²) in [5, 5.41) is 19.0. The van der Waals surface area contributed by atoms with E-state index < -0.39 is 11.5 Å². The van der Waals surface area contributed by atoms with E-state index >= 15 is 0 Å². The van der Waals surface area contributed by atoms with E-state index in [0.717, 1.165) is 17.7 Å². The van der Waals surface area contributed by atoms with Crippen LogP contribution in [0.25, 0.3) is 0 Å². The van der Waals surface area contributed by atoms with Gasteiger partial charge in [-0.2, -0.15) is 10.2 Å². The zero-order valence-electron chi connectivity index (χ0n) is 13.9. The van der Waals surface area contributed by atoms with Crippen LogP contribution in [0.1, 0.15) is 31.0 Å². The minimum atomic E-state index is -0.952. The summed E-state index contributed by atoms with van der Waals surface area (Å²) in [7, 11) is 1.84. The molecule has 0 aliphatic carbocycles. The van der Waals surface area contributed by atoms with E-state index in [2.05, 4.69) is 22.0 Å². The van der Waals surface area contributed by atoms with Crippen molar-refractivity contribution < 1.29 is 9.90 Å². The van der Waals surface area contributed by atoms with Gasteiger partial charge in [-0.05, 0) is 25.3 Å². The number of aryl methyl sites for hydroxylation is 2. The molecule has 1 aliphatic heterocycles. The zero-order valence-corrected chi connectivity index (χ0v) is 14.7. The summed E-state index contributed by atoms with van der Waals surface area (Å²) in [6.45, 7) is 4.12. The molecule has 1 N–H and O–H groups in total. The number of nitrogens with zero attached hydrogens (tertiary/aromatic N) is 5. The van der Waals surface area contributed by atoms with Crippen molar-refractivity contribution in [3.05, 3.63) is 34.9 Å². The quantitative estimate of drug-likeness (QED) is 0.890. The van der Waals surface area contributed by atoms with Crippen molar-refractivity contribution in [2.24, 2.45) is 7.05 Å². The van der Waals surface area contributed by atoms with Crippen molar-refractivity contribution in [1.82, 2.24) is 24.5 Å². The Balaban J connectivity index is 1.75. The van der Waals surface area contributed by atoms with Crippen LogP contribution in [0.3, 0.4) is 0 Å². The predicted octanol–water partition coefficient (Wildman–Crippen LogP) is 1.91. The van der Waals surface area contributed by atoms with Crippen molar-refractivity contribution in [2.45, 2.75) is 38.3 Å². The molecule has 3 heterocycles. The van der Waals surface area contributed by atoms with Gasteiger partial charge in [-0.3, -0.25) is 14.3 Å². The molecule has 1 fully saturated rings. The van der Waals surface area contributed by atoms with Gasteiger partial charge in [0.25, 0.3) is 0 Å². The Morgan fingerprint density at radius 2 is 2.12 bits per heavy atom. The smallest absolute Gasteiger partial charge is 0.331 e. The maximum atomic E-state index is 11.9. The van der Waals surface area contributed by atoms with E-state index in [4.69, 9.17) is 11.6 Å². The second-order valence-electron chi connectivity index (χ2n) is 6.26. The number of carboxylic acid groups (broad SMARTS) is 1. The van der Waals surface area contributed by atoms with Crippen molar-refractivity contribution >= 4 is 17.6 Å². The number of carbonyl (C=O) groups is 1. The molecule has 0 atom stereocenters. The number of hydrogen-bond acceptors (Lipinski definition) is 4. The third-order valence-electron chi connectivity index (χ3n) is 4.89. The molecule has 130 valence electrons. The molecule has 1 aliphatic rings. The minimum Gasteiger partial charge on any atom is -0.479 e. The van der Waals surface area contributed by atoms with Crippen LogP contribution >= 0.6 is 11.6 Å². The standard InChI is InChI=1S/C16H22ClN5O2/c1-3-13-12(14(17)20(2)19-13)11-21-9-5-16(6-10-21,15(23)24)22-8-4-7-18-22/h4,7-8H,3,5-6,9-11H2,1-2H3,(H,23,24). The van der Waals surface area contributed by atoms with E-state index in [-0.39, 0.29) is 0 Å². The lowest BCUT2D eigenvalue weighted by Gasteiger charge is -2.38. The maximum Gasteiger partial charge on any atom is 0.331 e. The first kappa shape index (κ1) is 17.0. The monoisotopic (exact) mass is 351 g/mol. The molecule has 0 spiro atoms. The molecule has 24 heavy (non-hydrogen) atoms. The van der Waals surface area contributed by atoms with Gasteiger partial charge in [-0.1, -0.05) is 18.5 Å². The Bertz CT molecular complexity index is 717. The van der Waals surface area contributed by atoms with Gasteiger partial charge in [0.1, 0.15) is 5.15 Å². The van der Waals surface area contributed by atoms with Crippen molar-refractivity contribution in [1.29, 1.82) is 0 Å². The highest BCUT2D eigenvalue weighted by Gasteiger charge is 2.44. The molecule has 0 radical (unpaired) electrons. The third kappa shape index (κ3) is 2.82. The first-order valence-corrected chi connectivity index (χ1v) is 8.52. The first-order valence-electron chi connectivity index (χ1n) is 8.14. The number of likely N-dealkylation sites (tertiary alicyclic amines) is 1. The summed E-state index contributed by atoms with van der Waals surface area (Å²) < 4.78 is 3.28. The van der Waals surface area contributed by atoms with Gasteiger partial charge in [0.15, 0.2) is 5.54 Å². The highest BCUT2D eigenvalue weighted by Crippen LogP contribution is 2.32. The number of piperidine rings is 1. The molecular weight excluding hydrogens is 330 g/mol. The van der Waals surface area contributed by atoms with Crippen LogP contribution in [0.15, 0.2) is 18.5 Å². The molecule has 0 saturated carbocycles. The van der Waals surface area contributed by atoms with E-state index in [1.54, 1.807) is 27.8 Å². The number of hydrogen-bond donors (Lipinski definition) is 1. The van der Waals surface area contributed by atoms with Gasteiger partial charge in [0.05, 0.1) is 5.69 Å². The largest absolute Gasteiger partial charge is 0.479 e. The van der Waals surface area contributed by atoms with Crippen LogP contribution in [-0.4, -0.2) is 48.6 Å². The highest BCUT2D eigenvalue weighted by atomic mass is 35.5. The van der Waals surface area contributed by atoms with Crippen LogP contribution < -0.4 is 0 Å². The van der Waals surface area contributed by atoms with Gasteiger partial charge in [0, 0.05) is 44.6 Å². The van der Waals surface area contributed by atoms with Crippen LogP contribution in [0, 0.1) is 0 Å². The van der Waals surface area contributed by atoms with E-state index in [9.17, 15) is 9.90 Å². The maximum absolute atomic E-state index is 11.9. The lowest BCUT2D eigenvalue weighted by atomic mass is 9.87. The fraction of sp³-hybridized carbons (Fsp3) is 0.562. The molecule has 0 aromatic carbocycles. The average molecular weight is 352 g/mol. The second-order valence-corrected chi connectivity index (χ2v) is 6.61. The molecule has 0 amide bonds. The van der Waals surface area contributed by atoms with Crippen LogP contribution in [0.5, 0.6) is 0 Å². The minimum absolute atomic E-state index is 0.517. The van der Waals surface area contributed by atoms with E-state index in [1.807, 2.05) is 7.05 Å². The summed E-state index contributed by atoms with van der Waals surface area (Å²) in [5.74, 6) is -0.820. The number of halogens is 1. The Hall–Kier alpha value is -1.86. The molecule has 8 heteroatoms. The zero-order chi connectivity index (χ0) is 17.3. The number of carboxylic acids is 1. The van der Waals surface area contributed by atoms with Gasteiger partial charge in [-0.25, -0.2) is 4.79 Å². The van der Waals surface area contributed by atoms with E-state index in [1.165, 1.54) is 0 Å². The Kier molecular flexibility index (Phi) is 4.64. The van der Waals surface area contributed by atoms with Gasteiger partial charge >= 0.3 is 5.97 Å². The van der Waals surface area contributed by atoms with Crippen LogP contribution in [0.4, 0.5) is 0 Å².